The lowest BCUT2D eigenvalue weighted by Gasteiger charge is -2.11. The van der Waals surface area contributed by atoms with Crippen LogP contribution in [0.3, 0.4) is 0 Å². The molecule has 1 aromatic carbocycles. The van der Waals surface area contributed by atoms with E-state index in [2.05, 4.69) is 10.3 Å². The van der Waals surface area contributed by atoms with Crippen LogP contribution in [-0.4, -0.2) is 10.9 Å². The Bertz CT molecular complexity index is 650. The van der Waals surface area contributed by atoms with Gasteiger partial charge in [0.05, 0.1) is 0 Å². The van der Waals surface area contributed by atoms with Crippen LogP contribution in [0.15, 0.2) is 30.6 Å². The third kappa shape index (κ3) is 2.96. The molecule has 0 saturated heterocycles. The number of nitrogens with one attached hydrogen (secondary N) is 1. The molecule has 0 aliphatic rings. The molecule has 0 saturated carbocycles. The first-order valence-corrected chi connectivity index (χ1v) is 6.53. The van der Waals surface area contributed by atoms with Crippen LogP contribution in [0.2, 0.25) is 0 Å². The third-order valence-electron chi connectivity index (χ3n) is 3.43. The Labute approximate surface area is 119 Å². The smallest absolute Gasteiger partial charge is 0.251 e. The zero-order valence-corrected chi connectivity index (χ0v) is 12.0. The molecule has 2 rings (SSSR count). The monoisotopic (exact) mass is 269 g/mol. The number of aromatic nitrogens is 1. The fraction of sp³-hybridized carbons (Fsp3) is 0.250. The number of hydrogen-bond acceptors (Lipinski definition) is 3. The van der Waals surface area contributed by atoms with Crippen molar-refractivity contribution in [3.63, 3.8) is 0 Å². The van der Waals surface area contributed by atoms with Crippen molar-refractivity contribution < 1.29 is 4.79 Å². The summed E-state index contributed by atoms with van der Waals surface area (Å²) < 4.78 is 0. The molecule has 1 aromatic heterocycles. The Balaban J connectivity index is 2.13. The average Bonchev–Trinajstić information content (AvgIpc) is 2.41. The molecule has 0 fully saturated rings. The van der Waals surface area contributed by atoms with E-state index in [1.165, 1.54) is 0 Å². The van der Waals surface area contributed by atoms with E-state index >= 15 is 0 Å². The summed E-state index contributed by atoms with van der Waals surface area (Å²) in [6.07, 6.45) is 3.51. The lowest BCUT2D eigenvalue weighted by Crippen LogP contribution is -2.24. The summed E-state index contributed by atoms with van der Waals surface area (Å²) in [7, 11) is 0. The molecule has 3 N–H and O–H groups in total. The number of carbonyl (C=O) groups is 1. The molecule has 104 valence electrons. The average molecular weight is 269 g/mol. The number of amides is 1. The number of benzene rings is 1. The number of carbonyl (C=O) groups excluding carboxylic acids is 1. The lowest BCUT2D eigenvalue weighted by atomic mass is 10.0. The van der Waals surface area contributed by atoms with Crippen LogP contribution in [-0.2, 0) is 6.54 Å². The van der Waals surface area contributed by atoms with Crippen molar-refractivity contribution in [1.29, 1.82) is 0 Å². The number of pyridine rings is 1. The molecule has 0 atom stereocenters. The van der Waals surface area contributed by atoms with Gasteiger partial charge in [0.2, 0.25) is 0 Å². The minimum absolute atomic E-state index is 0.106. The minimum atomic E-state index is -0.106. The number of hydrogen-bond donors (Lipinski definition) is 2. The first kappa shape index (κ1) is 14.1. The predicted octanol–water partition coefficient (Wildman–Crippen LogP) is 2.52. The minimum Gasteiger partial charge on any atom is -0.398 e. The van der Waals surface area contributed by atoms with E-state index in [1.54, 1.807) is 18.5 Å². The summed E-state index contributed by atoms with van der Waals surface area (Å²) in [5.74, 6) is -0.106. The Kier molecular flexibility index (Phi) is 4.03. The van der Waals surface area contributed by atoms with E-state index in [9.17, 15) is 4.79 Å². The number of anilines is 1. The molecule has 0 unspecified atom stereocenters. The predicted molar refractivity (Wildman–Crippen MR) is 80.5 cm³/mol. The lowest BCUT2D eigenvalue weighted by molar-refractivity contribution is 0.0950. The number of rotatable bonds is 3. The molecular weight excluding hydrogens is 250 g/mol. The molecular formula is C16H19N3O. The van der Waals surface area contributed by atoms with Crippen LogP contribution >= 0.6 is 0 Å². The summed E-state index contributed by atoms with van der Waals surface area (Å²) in [5, 5.41) is 2.92. The van der Waals surface area contributed by atoms with Crippen molar-refractivity contribution in [3.05, 3.63) is 58.4 Å². The highest BCUT2D eigenvalue weighted by Crippen LogP contribution is 2.18. The van der Waals surface area contributed by atoms with Gasteiger partial charge in [-0.05, 0) is 55.2 Å². The third-order valence-corrected chi connectivity index (χ3v) is 3.43. The van der Waals surface area contributed by atoms with Crippen molar-refractivity contribution >= 4 is 11.6 Å². The highest BCUT2D eigenvalue weighted by molar-refractivity contribution is 5.96. The molecule has 0 radical (unpaired) electrons. The number of aryl methyl sites for hydroxylation is 3. The fourth-order valence-corrected chi connectivity index (χ4v) is 2.08. The van der Waals surface area contributed by atoms with Crippen LogP contribution in [0, 0.1) is 20.8 Å². The second kappa shape index (κ2) is 5.74. The number of nitrogens with zero attached hydrogens (tertiary/aromatic N) is 1. The molecule has 2 aromatic rings. The Morgan fingerprint density at radius 1 is 1.20 bits per heavy atom. The van der Waals surface area contributed by atoms with Gasteiger partial charge < -0.3 is 11.1 Å². The van der Waals surface area contributed by atoms with Gasteiger partial charge in [-0.25, -0.2) is 0 Å². The maximum atomic E-state index is 12.2. The standard InChI is InChI=1S/C16H19N3O/c1-10-6-11(2)15(17)7-14(10)16(20)19-9-13-4-5-18-8-12(13)3/h4-8H,9,17H2,1-3H3,(H,19,20). The molecule has 1 heterocycles. The topological polar surface area (TPSA) is 68.0 Å². The summed E-state index contributed by atoms with van der Waals surface area (Å²) >= 11 is 0. The van der Waals surface area contributed by atoms with E-state index < -0.39 is 0 Å². The van der Waals surface area contributed by atoms with Crippen LogP contribution in [0.25, 0.3) is 0 Å². The van der Waals surface area contributed by atoms with Gasteiger partial charge in [-0.15, -0.1) is 0 Å². The molecule has 4 nitrogen and oxygen atoms in total. The van der Waals surface area contributed by atoms with Crippen LogP contribution in [0.1, 0.15) is 32.6 Å². The van der Waals surface area contributed by atoms with Gasteiger partial charge in [0.15, 0.2) is 0 Å². The van der Waals surface area contributed by atoms with E-state index in [-0.39, 0.29) is 5.91 Å². The van der Waals surface area contributed by atoms with Crippen molar-refractivity contribution in [2.45, 2.75) is 27.3 Å². The van der Waals surface area contributed by atoms with Crippen LogP contribution in [0.4, 0.5) is 5.69 Å². The van der Waals surface area contributed by atoms with Gasteiger partial charge >= 0.3 is 0 Å². The maximum Gasteiger partial charge on any atom is 0.251 e. The number of nitrogens with two attached hydrogens (primary N) is 1. The Hall–Kier alpha value is -2.36. The van der Waals surface area contributed by atoms with Crippen molar-refractivity contribution in [2.75, 3.05) is 5.73 Å². The summed E-state index contributed by atoms with van der Waals surface area (Å²) in [5.41, 5.74) is 11.2. The van der Waals surface area contributed by atoms with Gasteiger partial charge in [-0.3, -0.25) is 9.78 Å². The van der Waals surface area contributed by atoms with Crippen molar-refractivity contribution in [3.8, 4) is 0 Å². The van der Waals surface area contributed by atoms with Crippen molar-refractivity contribution in [1.82, 2.24) is 10.3 Å². The number of nitrogen functional groups attached to an aromatic ring is 1. The zero-order valence-electron chi connectivity index (χ0n) is 12.0. The Morgan fingerprint density at radius 2 is 1.95 bits per heavy atom. The van der Waals surface area contributed by atoms with E-state index in [1.807, 2.05) is 32.9 Å². The largest absolute Gasteiger partial charge is 0.398 e. The molecule has 20 heavy (non-hydrogen) atoms. The molecule has 1 amide bonds. The fourth-order valence-electron chi connectivity index (χ4n) is 2.08. The summed E-state index contributed by atoms with van der Waals surface area (Å²) in [4.78, 5) is 16.3. The first-order chi connectivity index (χ1) is 9.49. The van der Waals surface area contributed by atoms with E-state index in [0.29, 0.717) is 17.8 Å². The SMILES string of the molecule is Cc1cc(C)c(C(=O)NCc2ccncc2C)cc1N. The van der Waals surface area contributed by atoms with E-state index in [4.69, 9.17) is 5.73 Å². The summed E-state index contributed by atoms with van der Waals surface area (Å²) in [6.45, 7) is 6.31. The van der Waals surface area contributed by atoms with Gasteiger partial charge in [-0.2, -0.15) is 0 Å². The second-order valence-electron chi connectivity index (χ2n) is 5.01. The highest BCUT2D eigenvalue weighted by Gasteiger charge is 2.11. The summed E-state index contributed by atoms with van der Waals surface area (Å²) in [6, 6.07) is 5.58. The Morgan fingerprint density at radius 3 is 2.65 bits per heavy atom. The highest BCUT2D eigenvalue weighted by atomic mass is 16.1. The second-order valence-corrected chi connectivity index (χ2v) is 5.01. The first-order valence-electron chi connectivity index (χ1n) is 6.53. The molecule has 0 aliphatic carbocycles. The van der Waals surface area contributed by atoms with Crippen molar-refractivity contribution in [2.24, 2.45) is 0 Å². The maximum absolute atomic E-state index is 12.2. The van der Waals surface area contributed by atoms with Crippen LogP contribution in [0.5, 0.6) is 0 Å². The van der Waals surface area contributed by atoms with Gasteiger partial charge in [-0.1, -0.05) is 6.07 Å². The van der Waals surface area contributed by atoms with Gasteiger partial charge in [0, 0.05) is 30.2 Å². The molecule has 0 bridgehead atoms. The molecule has 4 heteroatoms. The zero-order chi connectivity index (χ0) is 14.7. The normalized spacial score (nSPS) is 10.3. The molecule has 0 aliphatic heterocycles. The van der Waals surface area contributed by atoms with Gasteiger partial charge in [0.1, 0.15) is 0 Å². The van der Waals surface area contributed by atoms with E-state index in [0.717, 1.165) is 22.3 Å². The molecule has 0 spiro atoms. The quantitative estimate of drug-likeness (QED) is 0.841. The van der Waals surface area contributed by atoms with Gasteiger partial charge in [0.25, 0.3) is 5.91 Å². The van der Waals surface area contributed by atoms with Crippen LogP contribution < -0.4 is 11.1 Å².